The fraction of sp³-hybridized carbons (Fsp3) is 0.224. The Hall–Kier alpha value is -6.05. The number of allylic oxidation sites excluding steroid dienone is 9. The number of fused-ring (bicyclic) bond motifs is 2. The molecule has 0 saturated carbocycles. The first kappa shape index (κ1) is 38.5. The van der Waals surface area contributed by atoms with Gasteiger partial charge in [0.2, 0.25) is 5.69 Å². The van der Waals surface area contributed by atoms with Crippen molar-refractivity contribution in [3.05, 3.63) is 216 Å². The third kappa shape index (κ3) is 6.62. The van der Waals surface area contributed by atoms with Gasteiger partial charge in [0.25, 0.3) is 0 Å². The molecular formula is C58H56N+. The van der Waals surface area contributed by atoms with Gasteiger partial charge in [0.05, 0.1) is 5.41 Å². The number of pyridine rings is 1. The molecule has 3 atom stereocenters. The van der Waals surface area contributed by atoms with E-state index in [1.165, 1.54) is 78.0 Å². The molecule has 2 aliphatic carbocycles. The summed E-state index contributed by atoms with van der Waals surface area (Å²) in [6.45, 7) is 19.1. The first-order valence-electron chi connectivity index (χ1n) is 21.6. The summed E-state index contributed by atoms with van der Waals surface area (Å²) in [5.74, 6) is 0.335. The highest BCUT2D eigenvalue weighted by molar-refractivity contribution is 5.89. The number of nitrogens with zero attached hydrogens (tertiary/aromatic N) is 1. The lowest BCUT2D eigenvalue weighted by atomic mass is 9.59. The maximum Gasteiger partial charge on any atom is 0.212 e. The molecule has 59 heavy (non-hydrogen) atoms. The molecule has 0 bridgehead atoms. The van der Waals surface area contributed by atoms with Crippen LogP contribution in [0.25, 0.3) is 50.1 Å². The summed E-state index contributed by atoms with van der Waals surface area (Å²) in [5, 5.41) is 0. The molecular weight excluding hydrogens is 711 g/mol. The van der Waals surface area contributed by atoms with E-state index in [-0.39, 0.29) is 16.4 Å². The van der Waals surface area contributed by atoms with Crippen LogP contribution >= 0.6 is 0 Å². The van der Waals surface area contributed by atoms with Crippen LogP contribution in [0.4, 0.5) is 0 Å². The van der Waals surface area contributed by atoms with E-state index in [1.807, 2.05) is 0 Å². The molecule has 9 rings (SSSR count). The lowest BCUT2D eigenvalue weighted by Gasteiger charge is -2.47. The van der Waals surface area contributed by atoms with Gasteiger partial charge in [-0.15, -0.1) is 0 Å². The SMILES string of the molecule is C=C1/C(=C\C2=CC(C)(C)c3ccccc32)C(C)(CC)C(C)(CC)[n+]2cc(-c3cccc(-c4cccc(C5=CC(c6cccc(-c7ccccc7)c6)CC=C5)c4)c3)ccc21. The lowest BCUT2D eigenvalue weighted by Crippen LogP contribution is -2.67. The summed E-state index contributed by atoms with van der Waals surface area (Å²) in [6.07, 6.45) is 17.4. The predicted octanol–water partition coefficient (Wildman–Crippen LogP) is 15.0. The average Bonchev–Trinajstić information content (AvgIpc) is 3.55. The Morgan fingerprint density at radius 2 is 1.27 bits per heavy atom. The van der Waals surface area contributed by atoms with Crippen molar-refractivity contribution in [1.29, 1.82) is 0 Å². The number of hydrogen-bond donors (Lipinski definition) is 0. The summed E-state index contributed by atoms with van der Waals surface area (Å²) in [7, 11) is 0. The quantitative estimate of drug-likeness (QED) is 0.136. The maximum atomic E-state index is 4.83. The van der Waals surface area contributed by atoms with Crippen LogP contribution in [0.15, 0.2) is 188 Å². The zero-order valence-electron chi connectivity index (χ0n) is 35.6. The van der Waals surface area contributed by atoms with Crippen molar-refractivity contribution in [2.24, 2.45) is 5.41 Å². The molecule has 1 aliphatic heterocycles. The fourth-order valence-corrected chi connectivity index (χ4v) is 10.3. The normalized spacial score (nSPS) is 22.4. The molecule has 6 aromatic rings. The van der Waals surface area contributed by atoms with Gasteiger partial charge in [-0.3, -0.25) is 0 Å². The van der Waals surface area contributed by atoms with E-state index in [0.717, 1.165) is 24.8 Å². The molecule has 0 N–H and O–H groups in total. The van der Waals surface area contributed by atoms with E-state index < -0.39 is 0 Å². The Bertz CT molecular complexity index is 2730. The number of hydrogen-bond acceptors (Lipinski definition) is 0. The number of rotatable bonds is 8. The molecule has 0 spiro atoms. The van der Waals surface area contributed by atoms with Gasteiger partial charge in [-0.25, -0.2) is 0 Å². The van der Waals surface area contributed by atoms with Gasteiger partial charge in [-0.2, -0.15) is 4.57 Å². The largest absolute Gasteiger partial charge is 0.212 e. The highest BCUT2D eigenvalue weighted by atomic mass is 15.1. The second kappa shape index (κ2) is 15.0. The Labute approximate surface area is 352 Å². The van der Waals surface area contributed by atoms with Crippen LogP contribution in [0.3, 0.4) is 0 Å². The third-order valence-corrected chi connectivity index (χ3v) is 14.3. The van der Waals surface area contributed by atoms with Crippen LogP contribution in [0, 0.1) is 5.41 Å². The van der Waals surface area contributed by atoms with Crippen molar-refractivity contribution in [3.63, 3.8) is 0 Å². The molecule has 1 heteroatoms. The van der Waals surface area contributed by atoms with Crippen LogP contribution in [0.5, 0.6) is 0 Å². The van der Waals surface area contributed by atoms with Crippen LogP contribution < -0.4 is 4.57 Å². The lowest BCUT2D eigenvalue weighted by molar-refractivity contribution is -0.780. The van der Waals surface area contributed by atoms with Crippen LogP contribution in [0.1, 0.15) is 94.7 Å². The second-order valence-corrected chi connectivity index (χ2v) is 17.9. The van der Waals surface area contributed by atoms with Crippen molar-refractivity contribution in [3.8, 4) is 33.4 Å². The molecule has 5 aromatic carbocycles. The predicted molar refractivity (Wildman–Crippen MR) is 251 cm³/mol. The first-order chi connectivity index (χ1) is 28.5. The second-order valence-electron chi connectivity index (χ2n) is 17.9. The van der Waals surface area contributed by atoms with Gasteiger partial charge in [-0.05, 0) is 111 Å². The molecule has 0 saturated heterocycles. The monoisotopic (exact) mass is 766 g/mol. The van der Waals surface area contributed by atoms with E-state index in [4.69, 9.17) is 6.58 Å². The van der Waals surface area contributed by atoms with Crippen molar-refractivity contribution in [2.75, 3.05) is 0 Å². The molecule has 3 unspecified atom stereocenters. The average molecular weight is 767 g/mol. The topological polar surface area (TPSA) is 3.88 Å². The summed E-state index contributed by atoms with van der Waals surface area (Å²) < 4.78 is 2.56. The van der Waals surface area contributed by atoms with Gasteiger partial charge in [0.1, 0.15) is 0 Å². The summed E-state index contributed by atoms with van der Waals surface area (Å²) >= 11 is 0. The van der Waals surface area contributed by atoms with E-state index in [0.29, 0.717) is 5.92 Å². The van der Waals surface area contributed by atoms with Crippen LogP contribution in [0.2, 0.25) is 0 Å². The molecule has 2 heterocycles. The molecule has 1 aromatic heterocycles. The molecule has 0 radical (unpaired) electrons. The molecule has 0 fully saturated rings. The minimum Gasteiger partial charge on any atom is -0.192 e. The van der Waals surface area contributed by atoms with Gasteiger partial charge >= 0.3 is 0 Å². The van der Waals surface area contributed by atoms with Gasteiger partial charge in [-0.1, -0.05) is 174 Å². The Morgan fingerprint density at radius 3 is 2.00 bits per heavy atom. The summed E-state index contributed by atoms with van der Waals surface area (Å²) in [5.41, 5.74) is 18.7. The number of benzene rings is 5. The third-order valence-electron chi connectivity index (χ3n) is 14.3. The van der Waals surface area contributed by atoms with Crippen molar-refractivity contribution >= 4 is 16.7 Å². The van der Waals surface area contributed by atoms with E-state index >= 15 is 0 Å². The van der Waals surface area contributed by atoms with Crippen LogP contribution in [-0.2, 0) is 11.0 Å². The van der Waals surface area contributed by atoms with Crippen molar-refractivity contribution in [2.45, 2.75) is 77.7 Å². The molecule has 292 valence electrons. The first-order valence-corrected chi connectivity index (χ1v) is 21.6. The Kier molecular flexibility index (Phi) is 9.75. The maximum absolute atomic E-state index is 4.83. The standard InChI is InChI=1S/C58H56N/c1-8-57(6)54(37-51-38-56(4,5)53-30-14-13-29-52(51)53)40(3)55-32-31-50(39-59(55)58(57,7)9-2)49-28-18-27-48(36-49)47-26-17-25-46(35-47)45-24-16-23-44(34-45)43-22-15-21-42(33-43)41-19-11-10-12-20-41/h10-22,24-39,44H,3,8-9,23H2,1-2,4-7H3/q+1/b54-37+. The highest BCUT2D eigenvalue weighted by Gasteiger charge is 2.57. The van der Waals surface area contributed by atoms with E-state index in [2.05, 4.69) is 222 Å². The van der Waals surface area contributed by atoms with E-state index in [1.54, 1.807) is 0 Å². The summed E-state index contributed by atoms with van der Waals surface area (Å²) in [6, 6.07) is 51.4. The van der Waals surface area contributed by atoms with Crippen LogP contribution in [-0.4, -0.2) is 0 Å². The zero-order chi connectivity index (χ0) is 40.9. The minimum absolute atomic E-state index is 0.00352. The minimum atomic E-state index is -0.164. The zero-order valence-corrected chi connectivity index (χ0v) is 35.6. The van der Waals surface area contributed by atoms with Gasteiger partial charge in [0, 0.05) is 41.9 Å². The Morgan fingerprint density at radius 1 is 0.644 bits per heavy atom. The molecule has 1 nitrogen and oxygen atoms in total. The van der Waals surface area contributed by atoms with Gasteiger partial charge < -0.3 is 0 Å². The van der Waals surface area contributed by atoms with E-state index in [9.17, 15) is 0 Å². The fourth-order valence-electron chi connectivity index (χ4n) is 10.3. The molecule has 3 aliphatic rings. The Balaban J connectivity index is 1.04. The van der Waals surface area contributed by atoms with Gasteiger partial charge in [0.15, 0.2) is 11.7 Å². The molecule has 0 amide bonds. The van der Waals surface area contributed by atoms with Crippen molar-refractivity contribution in [1.82, 2.24) is 0 Å². The summed E-state index contributed by atoms with van der Waals surface area (Å²) in [4.78, 5) is 0. The number of aromatic nitrogens is 1. The highest BCUT2D eigenvalue weighted by Crippen LogP contribution is 2.54. The smallest absolute Gasteiger partial charge is 0.192 e. The van der Waals surface area contributed by atoms with Crippen molar-refractivity contribution < 1.29 is 4.57 Å².